The Labute approximate surface area is 134 Å². The van der Waals surface area contributed by atoms with Gasteiger partial charge < -0.3 is 5.11 Å². The normalized spacial score (nSPS) is 10.9. The van der Waals surface area contributed by atoms with Crippen molar-refractivity contribution in [3.63, 3.8) is 0 Å². The highest BCUT2D eigenvalue weighted by Crippen LogP contribution is 2.25. The Morgan fingerprint density at radius 1 is 1.05 bits per heavy atom. The molecule has 0 amide bonds. The van der Waals surface area contributed by atoms with E-state index in [9.17, 15) is 5.11 Å². The largest absolute Gasteiger partial charge is 0.390 e. The van der Waals surface area contributed by atoms with Gasteiger partial charge in [0.2, 0.25) is 0 Å². The van der Waals surface area contributed by atoms with Crippen LogP contribution in [-0.2, 0) is 13.2 Å². The summed E-state index contributed by atoms with van der Waals surface area (Å²) in [5.41, 5.74) is 4.67. The Morgan fingerprint density at radius 3 is 2.36 bits per heavy atom. The molecule has 1 N–H and O–H groups in total. The summed E-state index contributed by atoms with van der Waals surface area (Å²) in [6.07, 6.45) is 0. The molecule has 1 heterocycles. The zero-order chi connectivity index (χ0) is 15.5. The minimum absolute atomic E-state index is 0.147. The van der Waals surface area contributed by atoms with Crippen LogP contribution >= 0.6 is 11.6 Å². The second-order valence-corrected chi connectivity index (χ2v) is 5.63. The first-order valence-electron chi connectivity index (χ1n) is 7.02. The topological polar surface area (TPSA) is 50.9 Å². The Kier molecular flexibility index (Phi) is 4.22. The Balaban J connectivity index is 1.99. The van der Waals surface area contributed by atoms with Crippen molar-refractivity contribution in [2.24, 2.45) is 0 Å². The molecule has 0 aliphatic rings. The van der Waals surface area contributed by atoms with E-state index < -0.39 is 0 Å². The molecular formula is C17H16ClN3O. The van der Waals surface area contributed by atoms with Gasteiger partial charge in [-0.1, -0.05) is 58.8 Å². The summed E-state index contributed by atoms with van der Waals surface area (Å²) >= 11 is 5.94. The molecule has 0 bridgehead atoms. The number of benzene rings is 2. The average molecular weight is 314 g/mol. The lowest BCUT2D eigenvalue weighted by atomic mass is 10.1. The van der Waals surface area contributed by atoms with Crippen molar-refractivity contribution in [3.8, 4) is 11.3 Å². The molecule has 3 rings (SSSR count). The van der Waals surface area contributed by atoms with Crippen molar-refractivity contribution in [2.45, 2.75) is 20.1 Å². The smallest absolute Gasteiger partial charge is 0.116 e. The van der Waals surface area contributed by atoms with E-state index in [2.05, 4.69) is 41.5 Å². The first-order chi connectivity index (χ1) is 10.7. The minimum atomic E-state index is -0.147. The number of aliphatic hydroxyl groups excluding tert-OH is 1. The number of hydrogen-bond donors (Lipinski definition) is 1. The van der Waals surface area contributed by atoms with Gasteiger partial charge in [0.15, 0.2) is 0 Å². The summed E-state index contributed by atoms with van der Waals surface area (Å²) < 4.78 is 1.81. The van der Waals surface area contributed by atoms with E-state index in [-0.39, 0.29) is 6.61 Å². The molecule has 0 saturated heterocycles. The highest BCUT2D eigenvalue weighted by Gasteiger charge is 2.14. The van der Waals surface area contributed by atoms with E-state index in [4.69, 9.17) is 11.6 Å². The van der Waals surface area contributed by atoms with Crippen LogP contribution in [0.1, 0.15) is 16.8 Å². The monoisotopic (exact) mass is 313 g/mol. The Hall–Kier alpha value is -2.17. The molecule has 0 aliphatic carbocycles. The molecule has 3 aromatic rings. The van der Waals surface area contributed by atoms with Crippen molar-refractivity contribution >= 4 is 11.6 Å². The Morgan fingerprint density at radius 2 is 1.73 bits per heavy atom. The van der Waals surface area contributed by atoms with Crippen molar-refractivity contribution in [2.75, 3.05) is 0 Å². The van der Waals surface area contributed by atoms with Crippen molar-refractivity contribution in [3.05, 3.63) is 70.4 Å². The van der Waals surface area contributed by atoms with E-state index in [1.54, 1.807) is 4.68 Å². The lowest BCUT2D eigenvalue weighted by Crippen LogP contribution is -2.04. The van der Waals surface area contributed by atoms with Gasteiger partial charge in [0.1, 0.15) is 5.69 Å². The SMILES string of the molecule is Cc1ccc(Cn2nnc(CO)c2-c2ccc(Cl)cc2)cc1. The number of aliphatic hydroxyl groups is 1. The molecule has 112 valence electrons. The van der Waals surface area contributed by atoms with Gasteiger partial charge in [-0.25, -0.2) is 4.68 Å². The molecule has 0 aliphatic heterocycles. The first kappa shape index (κ1) is 14.8. The number of aromatic nitrogens is 3. The van der Waals surface area contributed by atoms with Crippen LogP contribution in [0.2, 0.25) is 5.02 Å². The van der Waals surface area contributed by atoms with Crippen LogP contribution in [0.5, 0.6) is 0 Å². The highest BCUT2D eigenvalue weighted by atomic mass is 35.5. The van der Waals surface area contributed by atoms with Crippen LogP contribution in [0.4, 0.5) is 0 Å². The highest BCUT2D eigenvalue weighted by molar-refractivity contribution is 6.30. The first-order valence-corrected chi connectivity index (χ1v) is 7.40. The summed E-state index contributed by atoms with van der Waals surface area (Å²) in [4.78, 5) is 0. The van der Waals surface area contributed by atoms with Crippen LogP contribution in [0.3, 0.4) is 0 Å². The van der Waals surface area contributed by atoms with Gasteiger partial charge in [-0.05, 0) is 24.6 Å². The standard InChI is InChI=1S/C17H16ClN3O/c1-12-2-4-13(5-3-12)10-21-17(16(11-22)19-20-21)14-6-8-15(18)9-7-14/h2-9,22H,10-11H2,1H3. The molecule has 1 aromatic heterocycles. The van der Waals surface area contributed by atoms with Crippen LogP contribution in [0.15, 0.2) is 48.5 Å². The maximum Gasteiger partial charge on any atom is 0.116 e. The summed E-state index contributed by atoms with van der Waals surface area (Å²) in [6, 6.07) is 15.7. The van der Waals surface area contributed by atoms with Crippen LogP contribution in [-0.4, -0.2) is 20.1 Å². The summed E-state index contributed by atoms with van der Waals surface area (Å²) in [5.74, 6) is 0. The third-order valence-electron chi connectivity index (χ3n) is 3.53. The number of nitrogens with zero attached hydrogens (tertiary/aromatic N) is 3. The van der Waals surface area contributed by atoms with Gasteiger partial charge in [0, 0.05) is 10.6 Å². The fraction of sp³-hybridized carbons (Fsp3) is 0.176. The molecule has 0 unspecified atom stereocenters. The molecule has 0 fully saturated rings. The van der Waals surface area contributed by atoms with E-state index >= 15 is 0 Å². The molecule has 0 saturated carbocycles. The maximum absolute atomic E-state index is 9.51. The van der Waals surface area contributed by atoms with Gasteiger partial charge in [-0.3, -0.25) is 0 Å². The third-order valence-corrected chi connectivity index (χ3v) is 3.78. The van der Waals surface area contributed by atoms with Gasteiger partial charge in [-0.2, -0.15) is 0 Å². The lowest BCUT2D eigenvalue weighted by molar-refractivity contribution is 0.277. The van der Waals surface area contributed by atoms with Crippen molar-refractivity contribution in [1.82, 2.24) is 15.0 Å². The molecule has 4 nitrogen and oxygen atoms in total. The van der Waals surface area contributed by atoms with Gasteiger partial charge in [-0.15, -0.1) is 5.10 Å². The zero-order valence-corrected chi connectivity index (χ0v) is 13.0. The van der Waals surface area contributed by atoms with E-state index in [0.717, 1.165) is 16.8 Å². The number of halogens is 1. The van der Waals surface area contributed by atoms with E-state index in [0.29, 0.717) is 17.3 Å². The number of hydrogen-bond acceptors (Lipinski definition) is 3. The number of aryl methyl sites for hydroxylation is 1. The predicted molar refractivity (Wildman–Crippen MR) is 86.7 cm³/mol. The summed E-state index contributed by atoms with van der Waals surface area (Å²) in [7, 11) is 0. The number of rotatable bonds is 4. The molecule has 0 radical (unpaired) electrons. The Bertz CT molecular complexity index is 764. The second kappa shape index (κ2) is 6.30. The molecule has 22 heavy (non-hydrogen) atoms. The molecule has 0 atom stereocenters. The van der Waals surface area contributed by atoms with E-state index in [1.165, 1.54) is 5.56 Å². The molecule has 2 aromatic carbocycles. The third kappa shape index (κ3) is 3.03. The molecule has 0 spiro atoms. The van der Waals surface area contributed by atoms with Crippen LogP contribution in [0, 0.1) is 6.92 Å². The van der Waals surface area contributed by atoms with Crippen LogP contribution in [0.25, 0.3) is 11.3 Å². The fourth-order valence-electron chi connectivity index (χ4n) is 2.36. The van der Waals surface area contributed by atoms with Crippen molar-refractivity contribution < 1.29 is 5.11 Å². The second-order valence-electron chi connectivity index (χ2n) is 5.19. The van der Waals surface area contributed by atoms with Gasteiger partial charge in [0.25, 0.3) is 0 Å². The molecule has 5 heteroatoms. The summed E-state index contributed by atoms with van der Waals surface area (Å²) in [6.45, 7) is 2.51. The average Bonchev–Trinajstić information content (AvgIpc) is 2.93. The quantitative estimate of drug-likeness (QED) is 0.802. The summed E-state index contributed by atoms with van der Waals surface area (Å²) in [5, 5.41) is 18.4. The minimum Gasteiger partial charge on any atom is -0.390 e. The van der Waals surface area contributed by atoms with Crippen molar-refractivity contribution in [1.29, 1.82) is 0 Å². The zero-order valence-electron chi connectivity index (χ0n) is 12.2. The fourth-order valence-corrected chi connectivity index (χ4v) is 2.48. The van der Waals surface area contributed by atoms with Crippen LogP contribution < -0.4 is 0 Å². The van der Waals surface area contributed by atoms with Gasteiger partial charge in [0.05, 0.1) is 18.8 Å². The maximum atomic E-state index is 9.51. The lowest BCUT2D eigenvalue weighted by Gasteiger charge is -2.08. The van der Waals surface area contributed by atoms with Gasteiger partial charge >= 0.3 is 0 Å². The molecular weight excluding hydrogens is 298 g/mol. The van der Waals surface area contributed by atoms with E-state index in [1.807, 2.05) is 24.3 Å². The predicted octanol–water partition coefficient (Wildman–Crippen LogP) is 3.45.